The summed E-state index contributed by atoms with van der Waals surface area (Å²) in [5, 5.41) is 3.11. The first-order valence-electron chi connectivity index (χ1n) is 7.01. The molecule has 0 aromatic heterocycles. The number of ether oxygens (including phenoxy) is 1. The lowest BCUT2D eigenvalue weighted by atomic mass is 9.77. The van der Waals surface area contributed by atoms with Crippen molar-refractivity contribution in [3.63, 3.8) is 0 Å². The van der Waals surface area contributed by atoms with Gasteiger partial charge in [0.1, 0.15) is 11.9 Å². The van der Waals surface area contributed by atoms with Crippen LogP contribution in [0.1, 0.15) is 6.92 Å². The molecule has 2 rings (SSSR count). The predicted molar refractivity (Wildman–Crippen MR) is 84.0 cm³/mol. The Hall–Kier alpha value is -1.97. The molecule has 0 radical (unpaired) electrons. The van der Waals surface area contributed by atoms with E-state index in [0.717, 1.165) is 11.3 Å². The van der Waals surface area contributed by atoms with Crippen molar-refractivity contribution in [1.29, 1.82) is 0 Å². The Labute approximate surface area is 121 Å². The number of rotatable bonds is 3. The van der Waals surface area contributed by atoms with Crippen molar-refractivity contribution in [2.75, 3.05) is 0 Å². The molecular formula is C16H20BNO2. The minimum atomic E-state index is -0.0569. The van der Waals surface area contributed by atoms with Crippen LogP contribution in [0.3, 0.4) is 0 Å². The van der Waals surface area contributed by atoms with Crippen LogP contribution in [-0.4, -0.2) is 25.2 Å². The molecule has 3 unspecified atom stereocenters. The average molecular weight is 269 g/mol. The molecule has 2 aliphatic rings. The Morgan fingerprint density at radius 1 is 1.45 bits per heavy atom. The summed E-state index contributed by atoms with van der Waals surface area (Å²) >= 11 is 0. The van der Waals surface area contributed by atoms with E-state index < -0.39 is 0 Å². The molecule has 3 atom stereocenters. The number of allylic oxidation sites excluding steroid dienone is 5. The van der Waals surface area contributed by atoms with Crippen molar-refractivity contribution < 1.29 is 9.53 Å². The molecular weight excluding hydrogens is 249 g/mol. The van der Waals surface area contributed by atoms with Crippen LogP contribution >= 0.6 is 0 Å². The van der Waals surface area contributed by atoms with Crippen molar-refractivity contribution in [2.24, 2.45) is 5.92 Å². The second kappa shape index (κ2) is 6.46. The van der Waals surface area contributed by atoms with Crippen LogP contribution in [0.25, 0.3) is 0 Å². The molecule has 1 amide bonds. The van der Waals surface area contributed by atoms with Gasteiger partial charge in [0.25, 0.3) is 0 Å². The molecule has 0 spiro atoms. The van der Waals surface area contributed by atoms with Crippen LogP contribution in [0.15, 0.2) is 60.4 Å². The lowest BCUT2D eigenvalue weighted by Gasteiger charge is -2.40. The lowest BCUT2D eigenvalue weighted by molar-refractivity contribution is 0.0854. The molecule has 1 saturated heterocycles. The van der Waals surface area contributed by atoms with Crippen LogP contribution < -0.4 is 5.32 Å². The Morgan fingerprint density at radius 2 is 2.20 bits per heavy atom. The van der Waals surface area contributed by atoms with Crippen molar-refractivity contribution in [3.8, 4) is 0 Å². The number of carbonyl (C=O) groups is 1. The maximum Gasteiger partial charge on any atom is 0.230 e. The van der Waals surface area contributed by atoms with Gasteiger partial charge in [0.15, 0.2) is 5.81 Å². The van der Waals surface area contributed by atoms with Gasteiger partial charge in [-0.2, -0.15) is 0 Å². The highest BCUT2D eigenvalue weighted by Gasteiger charge is 2.38. The van der Waals surface area contributed by atoms with Gasteiger partial charge in [-0.05, 0) is 19.1 Å². The molecule has 0 aromatic carbocycles. The number of amides is 1. The summed E-state index contributed by atoms with van der Waals surface area (Å²) in [6.07, 6.45) is 13.6. The van der Waals surface area contributed by atoms with Gasteiger partial charge in [-0.15, -0.1) is 0 Å². The molecule has 1 N–H and O–H groups in total. The molecule has 0 bridgehead atoms. The van der Waals surface area contributed by atoms with Gasteiger partial charge in [-0.1, -0.05) is 43.8 Å². The maximum absolute atomic E-state index is 11.8. The third kappa shape index (κ3) is 2.79. The summed E-state index contributed by atoms with van der Waals surface area (Å²) in [6.45, 7) is 7.55. The van der Waals surface area contributed by atoms with Gasteiger partial charge in [-0.3, -0.25) is 4.79 Å². The standard InChI is InChI=1S/C16H20BNO2/c1-4-8-13-11(5-2)15(18-16(19)17-3)12-9-6-7-10-14(12)20-13/h4-10,12,14-15,17H,1H2,2-3H3,(H,18,19)/b11-5+,13-8+. The second-order valence-electron chi connectivity index (χ2n) is 4.84. The van der Waals surface area contributed by atoms with E-state index in [2.05, 4.69) is 18.0 Å². The average Bonchev–Trinajstić information content (AvgIpc) is 2.47. The summed E-state index contributed by atoms with van der Waals surface area (Å²) < 4.78 is 6.01. The number of nitrogens with one attached hydrogen (secondary N) is 1. The summed E-state index contributed by atoms with van der Waals surface area (Å²) in [6, 6.07) is -0.0569. The first kappa shape index (κ1) is 14.4. The third-order valence-electron chi connectivity index (χ3n) is 3.61. The SMILES string of the molecule is C=C/C=C1/OC2C=CC=CC2C(NC(=O)BC)/C1=C/C. The second-order valence-corrected chi connectivity index (χ2v) is 4.84. The first-order chi connectivity index (χ1) is 9.71. The van der Waals surface area contributed by atoms with Crippen molar-refractivity contribution in [3.05, 3.63) is 60.4 Å². The highest BCUT2D eigenvalue weighted by atomic mass is 16.5. The van der Waals surface area contributed by atoms with E-state index in [9.17, 15) is 4.79 Å². The van der Waals surface area contributed by atoms with Crippen LogP contribution in [0.4, 0.5) is 4.79 Å². The van der Waals surface area contributed by atoms with Crippen LogP contribution in [-0.2, 0) is 4.74 Å². The minimum Gasteiger partial charge on any atom is -0.485 e. The van der Waals surface area contributed by atoms with Gasteiger partial charge in [-0.25, -0.2) is 0 Å². The molecule has 4 heteroatoms. The first-order valence-corrected chi connectivity index (χ1v) is 7.01. The van der Waals surface area contributed by atoms with Crippen LogP contribution in [0.5, 0.6) is 0 Å². The fraction of sp³-hybridized carbons (Fsp3) is 0.312. The van der Waals surface area contributed by atoms with E-state index in [1.807, 2.05) is 44.1 Å². The molecule has 1 aliphatic carbocycles. The van der Waals surface area contributed by atoms with E-state index in [1.54, 1.807) is 6.08 Å². The molecule has 1 aliphatic heterocycles. The Morgan fingerprint density at radius 3 is 2.85 bits per heavy atom. The van der Waals surface area contributed by atoms with E-state index in [4.69, 9.17) is 4.74 Å². The van der Waals surface area contributed by atoms with E-state index in [1.165, 1.54) is 0 Å². The van der Waals surface area contributed by atoms with Gasteiger partial charge in [0.05, 0.1) is 6.04 Å². The lowest BCUT2D eigenvalue weighted by Crippen LogP contribution is -2.50. The molecule has 104 valence electrons. The number of hydrogen-bond acceptors (Lipinski definition) is 2. The normalized spacial score (nSPS) is 31.6. The van der Waals surface area contributed by atoms with Gasteiger partial charge >= 0.3 is 0 Å². The van der Waals surface area contributed by atoms with E-state index in [-0.39, 0.29) is 23.9 Å². The largest absolute Gasteiger partial charge is 0.485 e. The monoisotopic (exact) mass is 269 g/mol. The number of carbonyl (C=O) groups excluding carboxylic acids is 1. The number of hydrogen-bond donors (Lipinski definition) is 1. The van der Waals surface area contributed by atoms with Crippen molar-refractivity contribution in [2.45, 2.75) is 25.9 Å². The third-order valence-corrected chi connectivity index (χ3v) is 3.61. The van der Waals surface area contributed by atoms with E-state index in [0.29, 0.717) is 7.28 Å². The molecule has 3 nitrogen and oxygen atoms in total. The zero-order valence-electron chi connectivity index (χ0n) is 12.0. The summed E-state index contributed by atoms with van der Waals surface area (Å²) in [4.78, 5) is 11.8. The fourth-order valence-electron chi connectivity index (χ4n) is 2.61. The van der Waals surface area contributed by atoms with Crippen molar-refractivity contribution in [1.82, 2.24) is 5.32 Å². The van der Waals surface area contributed by atoms with Gasteiger partial charge in [0, 0.05) is 11.5 Å². The van der Waals surface area contributed by atoms with Crippen molar-refractivity contribution >= 4 is 13.1 Å². The Bertz CT molecular complexity index is 517. The zero-order valence-corrected chi connectivity index (χ0v) is 12.0. The molecule has 1 heterocycles. The number of fused-ring (bicyclic) bond motifs is 1. The van der Waals surface area contributed by atoms with E-state index >= 15 is 0 Å². The van der Waals surface area contributed by atoms with Crippen LogP contribution in [0, 0.1) is 5.92 Å². The molecule has 20 heavy (non-hydrogen) atoms. The molecule has 0 aromatic rings. The van der Waals surface area contributed by atoms with Gasteiger partial charge < -0.3 is 10.1 Å². The van der Waals surface area contributed by atoms with Gasteiger partial charge in [0.2, 0.25) is 7.28 Å². The fourth-order valence-corrected chi connectivity index (χ4v) is 2.61. The Balaban J connectivity index is 2.37. The highest BCUT2D eigenvalue weighted by Crippen LogP contribution is 2.35. The maximum atomic E-state index is 11.8. The topological polar surface area (TPSA) is 38.3 Å². The minimum absolute atomic E-state index is 0.0444. The summed E-state index contributed by atoms with van der Waals surface area (Å²) in [7, 11) is 0.478. The Kier molecular flexibility index (Phi) is 4.67. The highest BCUT2D eigenvalue weighted by molar-refractivity contribution is 6.72. The zero-order chi connectivity index (χ0) is 14.5. The predicted octanol–water partition coefficient (Wildman–Crippen LogP) is 2.71. The quantitative estimate of drug-likeness (QED) is 0.800. The molecule has 1 fully saturated rings. The summed E-state index contributed by atoms with van der Waals surface area (Å²) in [5.74, 6) is 0.963. The molecule has 0 saturated carbocycles. The smallest absolute Gasteiger partial charge is 0.230 e. The van der Waals surface area contributed by atoms with Crippen LogP contribution in [0.2, 0.25) is 6.82 Å². The summed E-state index contributed by atoms with van der Waals surface area (Å²) in [5.41, 5.74) is 1.01.